The molecule has 0 fully saturated rings. The molecule has 0 aliphatic heterocycles. The summed E-state index contributed by atoms with van der Waals surface area (Å²) in [5.41, 5.74) is 0.297. The van der Waals surface area contributed by atoms with Gasteiger partial charge in [0.15, 0.2) is 0 Å². The van der Waals surface area contributed by atoms with E-state index in [1.807, 2.05) is 0 Å². The van der Waals surface area contributed by atoms with Crippen LogP contribution in [0.4, 0.5) is 14.5 Å². The maximum atomic E-state index is 12.9. The van der Waals surface area contributed by atoms with Crippen LogP contribution in [0.5, 0.6) is 0 Å². The molecule has 0 aliphatic carbocycles. The molecular formula is C14H11F2NO2S. The molecule has 2 rings (SSSR count). The minimum absolute atomic E-state index is 0.276. The van der Waals surface area contributed by atoms with Gasteiger partial charge in [0.25, 0.3) is 0 Å². The fraction of sp³-hybridized carbons (Fsp3) is 0.0714. The van der Waals surface area contributed by atoms with Gasteiger partial charge in [-0.2, -0.15) is 0 Å². The highest BCUT2D eigenvalue weighted by atomic mass is 32.2. The van der Waals surface area contributed by atoms with Crippen LogP contribution in [0.1, 0.15) is 0 Å². The van der Waals surface area contributed by atoms with Gasteiger partial charge in [-0.15, -0.1) is 0 Å². The van der Waals surface area contributed by atoms with Gasteiger partial charge in [0.2, 0.25) is 5.91 Å². The van der Waals surface area contributed by atoms with Gasteiger partial charge in [0.05, 0.1) is 10.8 Å². The van der Waals surface area contributed by atoms with Crippen molar-refractivity contribution in [3.8, 4) is 0 Å². The topological polar surface area (TPSA) is 46.2 Å². The van der Waals surface area contributed by atoms with Gasteiger partial charge >= 0.3 is 0 Å². The maximum absolute atomic E-state index is 12.9. The van der Waals surface area contributed by atoms with Crippen molar-refractivity contribution in [2.75, 3.05) is 11.1 Å². The van der Waals surface area contributed by atoms with Crippen LogP contribution in [0, 0.1) is 11.6 Å². The molecule has 0 spiro atoms. The number of nitrogens with one attached hydrogen (secondary N) is 1. The fourth-order valence-corrected chi connectivity index (χ4v) is 2.47. The van der Waals surface area contributed by atoms with E-state index in [4.69, 9.17) is 0 Å². The molecule has 6 heteroatoms. The standard InChI is InChI=1S/C14H11F2NO2S/c15-10-4-6-13(7-5-10)20(19)9-14(18)17-12-3-1-2-11(16)8-12/h1-8H,9H2,(H,17,18). The van der Waals surface area contributed by atoms with Crippen molar-refractivity contribution >= 4 is 22.4 Å². The summed E-state index contributed by atoms with van der Waals surface area (Å²) < 4.78 is 37.5. The molecule has 3 nitrogen and oxygen atoms in total. The first-order chi connectivity index (χ1) is 9.54. The number of hydrogen-bond donors (Lipinski definition) is 1. The monoisotopic (exact) mass is 295 g/mol. The average Bonchev–Trinajstić information content (AvgIpc) is 2.39. The Bertz CT molecular complexity index is 644. The van der Waals surface area contributed by atoms with Crippen molar-refractivity contribution in [1.29, 1.82) is 0 Å². The van der Waals surface area contributed by atoms with E-state index in [9.17, 15) is 17.8 Å². The third-order valence-corrected chi connectivity index (χ3v) is 3.77. The number of benzene rings is 2. The molecule has 2 aromatic rings. The normalized spacial score (nSPS) is 11.9. The third-order valence-electron chi connectivity index (χ3n) is 2.45. The van der Waals surface area contributed by atoms with Crippen LogP contribution in [-0.2, 0) is 15.6 Å². The van der Waals surface area contributed by atoms with Gasteiger partial charge in [-0.05, 0) is 42.5 Å². The quantitative estimate of drug-likeness (QED) is 0.942. The SMILES string of the molecule is O=C(CS(=O)c1ccc(F)cc1)Nc1cccc(F)c1. The zero-order valence-electron chi connectivity index (χ0n) is 10.3. The lowest BCUT2D eigenvalue weighted by molar-refractivity contribution is -0.113. The smallest absolute Gasteiger partial charge is 0.237 e. The van der Waals surface area contributed by atoms with Crippen LogP contribution in [0.3, 0.4) is 0 Å². The van der Waals surface area contributed by atoms with Gasteiger partial charge in [-0.1, -0.05) is 6.07 Å². The first-order valence-corrected chi connectivity index (χ1v) is 7.06. The van der Waals surface area contributed by atoms with Gasteiger partial charge in [0.1, 0.15) is 17.4 Å². The van der Waals surface area contributed by atoms with Crippen LogP contribution in [0.15, 0.2) is 53.4 Å². The average molecular weight is 295 g/mol. The second-order valence-electron chi connectivity index (χ2n) is 4.00. The van der Waals surface area contributed by atoms with Crippen molar-refractivity contribution in [3.63, 3.8) is 0 Å². The summed E-state index contributed by atoms with van der Waals surface area (Å²) >= 11 is 0. The summed E-state index contributed by atoms with van der Waals surface area (Å²) in [4.78, 5) is 12.0. The van der Waals surface area contributed by atoms with Crippen molar-refractivity contribution < 1.29 is 17.8 Å². The predicted octanol–water partition coefficient (Wildman–Crippen LogP) is 2.71. The Kier molecular flexibility index (Phi) is 4.57. The Morgan fingerprint density at radius 3 is 2.40 bits per heavy atom. The van der Waals surface area contributed by atoms with Crippen molar-refractivity contribution in [2.24, 2.45) is 0 Å². The van der Waals surface area contributed by atoms with E-state index in [0.29, 0.717) is 10.6 Å². The number of carbonyl (C=O) groups excluding carboxylic acids is 1. The molecule has 0 radical (unpaired) electrons. The fourth-order valence-electron chi connectivity index (χ4n) is 1.55. The molecule has 20 heavy (non-hydrogen) atoms. The molecular weight excluding hydrogens is 284 g/mol. The molecule has 1 amide bonds. The number of rotatable bonds is 4. The van der Waals surface area contributed by atoms with E-state index in [1.165, 1.54) is 48.5 Å². The first-order valence-electron chi connectivity index (χ1n) is 5.74. The number of anilines is 1. The van der Waals surface area contributed by atoms with Crippen molar-refractivity contribution in [1.82, 2.24) is 0 Å². The zero-order chi connectivity index (χ0) is 14.5. The van der Waals surface area contributed by atoms with E-state index in [2.05, 4.69) is 5.32 Å². The molecule has 1 unspecified atom stereocenters. The highest BCUT2D eigenvalue weighted by molar-refractivity contribution is 7.85. The minimum atomic E-state index is -1.57. The Hall–Kier alpha value is -2.08. The lowest BCUT2D eigenvalue weighted by Crippen LogP contribution is -2.19. The van der Waals surface area contributed by atoms with E-state index < -0.39 is 28.3 Å². The number of amides is 1. The summed E-state index contributed by atoms with van der Waals surface area (Å²) in [6.07, 6.45) is 0. The lowest BCUT2D eigenvalue weighted by atomic mass is 10.3. The molecule has 1 atom stereocenters. The second-order valence-corrected chi connectivity index (χ2v) is 5.45. The molecule has 104 valence electrons. The summed E-state index contributed by atoms with van der Waals surface area (Å²) in [5, 5.41) is 2.45. The molecule has 0 bridgehead atoms. The van der Waals surface area contributed by atoms with E-state index in [0.717, 1.165) is 0 Å². The van der Waals surface area contributed by atoms with Gasteiger partial charge < -0.3 is 5.32 Å². The van der Waals surface area contributed by atoms with Crippen LogP contribution in [0.2, 0.25) is 0 Å². The summed E-state index contributed by atoms with van der Waals surface area (Å²) in [6, 6.07) is 10.5. The number of hydrogen-bond acceptors (Lipinski definition) is 2. The van der Waals surface area contributed by atoms with Crippen LogP contribution in [0.25, 0.3) is 0 Å². The molecule has 1 N–H and O–H groups in total. The van der Waals surface area contributed by atoms with E-state index >= 15 is 0 Å². The third kappa shape index (κ3) is 3.96. The summed E-state index contributed by atoms with van der Waals surface area (Å²) in [7, 11) is -1.57. The molecule has 0 saturated heterocycles. The van der Waals surface area contributed by atoms with Crippen molar-refractivity contribution in [2.45, 2.75) is 4.90 Å². The van der Waals surface area contributed by atoms with E-state index in [1.54, 1.807) is 0 Å². The van der Waals surface area contributed by atoms with Crippen molar-refractivity contribution in [3.05, 3.63) is 60.2 Å². The molecule has 0 aromatic heterocycles. The number of carbonyl (C=O) groups is 1. The summed E-state index contributed by atoms with van der Waals surface area (Å²) in [5.74, 6) is -1.68. The van der Waals surface area contributed by atoms with Gasteiger partial charge in [-0.3, -0.25) is 9.00 Å². The largest absolute Gasteiger partial charge is 0.325 e. The second kappa shape index (κ2) is 6.38. The molecule has 0 saturated carbocycles. The number of halogens is 2. The molecule has 2 aromatic carbocycles. The zero-order valence-corrected chi connectivity index (χ0v) is 11.1. The highest BCUT2D eigenvalue weighted by Crippen LogP contribution is 2.11. The van der Waals surface area contributed by atoms with Gasteiger partial charge in [-0.25, -0.2) is 8.78 Å². The lowest BCUT2D eigenvalue weighted by Gasteiger charge is -2.05. The Morgan fingerprint density at radius 1 is 1.05 bits per heavy atom. The highest BCUT2D eigenvalue weighted by Gasteiger charge is 2.11. The van der Waals surface area contributed by atoms with Crippen LogP contribution >= 0.6 is 0 Å². The van der Waals surface area contributed by atoms with E-state index in [-0.39, 0.29) is 5.75 Å². The Balaban J connectivity index is 1.97. The Morgan fingerprint density at radius 2 is 1.75 bits per heavy atom. The molecule has 0 aliphatic rings. The minimum Gasteiger partial charge on any atom is -0.325 e. The van der Waals surface area contributed by atoms with Crippen LogP contribution < -0.4 is 5.32 Å². The molecule has 0 heterocycles. The summed E-state index contributed by atoms with van der Waals surface area (Å²) in [6.45, 7) is 0. The van der Waals surface area contributed by atoms with Gasteiger partial charge in [0, 0.05) is 10.6 Å². The predicted molar refractivity (Wildman–Crippen MR) is 72.7 cm³/mol. The maximum Gasteiger partial charge on any atom is 0.237 e. The first kappa shape index (κ1) is 14.3. The van der Waals surface area contributed by atoms with Crippen LogP contribution in [-0.4, -0.2) is 15.9 Å². The Labute approximate surface area is 117 Å².